The van der Waals surface area contributed by atoms with Crippen LogP contribution in [0.2, 0.25) is 0 Å². The average molecular weight is 345 g/mol. The molecule has 0 saturated carbocycles. The third kappa shape index (κ3) is 3.02. The summed E-state index contributed by atoms with van der Waals surface area (Å²) in [5.41, 5.74) is 2.99. The van der Waals surface area contributed by atoms with Crippen LogP contribution in [0.1, 0.15) is 21.1 Å². The van der Waals surface area contributed by atoms with Gasteiger partial charge in [0.25, 0.3) is 0 Å². The molecule has 2 heterocycles. The fourth-order valence-corrected chi connectivity index (χ4v) is 3.61. The van der Waals surface area contributed by atoms with E-state index < -0.39 is 0 Å². The van der Waals surface area contributed by atoms with Crippen LogP contribution in [0.15, 0.2) is 66.9 Å². The van der Waals surface area contributed by atoms with E-state index in [4.69, 9.17) is 0 Å². The van der Waals surface area contributed by atoms with Crippen LogP contribution in [-0.4, -0.2) is 20.5 Å². The predicted molar refractivity (Wildman–Crippen MR) is 101 cm³/mol. The van der Waals surface area contributed by atoms with Crippen molar-refractivity contribution in [3.8, 4) is 0 Å². The van der Waals surface area contributed by atoms with Crippen LogP contribution in [0.5, 0.6) is 0 Å². The summed E-state index contributed by atoms with van der Waals surface area (Å²) in [6.45, 7) is 0. The highest BCUT2D eigenvalue weighted by Gasteiger charge is 2.19. The van der Waals surface area contributed by atoms with Gasteiger partial charge in [-0.25, -0.2) is 4.98 Å². The van der Waals surface area contributed by atoms with Gasteiger partial charge in [0.15, 0.2) is 5.78 Å². The number of Topliss-reactive ketones (excluding diaryl/α,β-unsaturated/α-hetero) is 1. The number of fused-ring (bicyclic) bond motifs is 1. The highest BCUT2D eigenvalue weighted by Crippen LogP contribution is 2.30. The van der Waals surface area contributed by atoms with Crippen LogP contribution in [0.25, 0.3) is 21.9 Å². The highest BCUT2D eigenvalue weighted by atomic mass is 32.1. The van der Waals surface area contributed by atoms with E-state index in [1.807, 2.05) is 73.8 Å². The lowest BCUT2D eigenvalue weighted by atomic mass is 10.0. The van der Waals surface area contributed by atoms with Crippen molar-refractivity contribution in [1.29, 1.82) is 0 Å². The van der Waals surface area contributed by atoms with E-state index >= 15 is 0 Å². The third-order valence-electron chi connectivity index (χ3n) is 3.96. The van der Waals surface area contributed by atoms with Gasteiger partial charge in [0, 0.05) is 18.8 Å². The zero-order valence-corrected chi connectivity index (χ0v) is 14.4. The summed E-state index contributed by atoms with van der Waals surface area (Å²) in [6, 6.07) is 19.1. The Morgan fingerprint density at radius 1 is 1.04 bits per heavy atom. The number of carbonyl (C=O) groups excluding carboxylic acids is 1. The van der Waals surface area contributed by atoms with Crippen molar-refractivity contribution in [2.24, 2.45) is 7.05 Å². The number of hydrogen-bond donors (Lipinski definition) is 0. The molecule has 0 bridgehead atoms. The third-order valence-corrected chi connectivity index (χ3v) is 5.03. The molecule has 0 fully saturated rings. The molecule has 0 spiro atoms. The largest absolute Gasteiger partial charge is 0.288 e. The lowest BCUT2D eigenvalue weighted by molar-refractivity contribution is 0.105. The van der Waals surface area contributed by atoms with Gasteiger partial charge in [-0.3, -0.25) is 9.48 Å². The van der Waals surface area contributed by atoms with Crippen LogP contribution >= 0.6 is 11.3 Å². The van der Waals surface area contributed by atoms with Gasteiger partial charge in [0.05, 0.1) is 21.5 Å². The average Bonchev–Trinajstić information content (AvgIpc) is 3.25. The zero-order chi connectivity index (χ0) is 17.2. The lowest BCUT2D eigenvalue weighted by Crippen LogP contribution is -2.03. The molecule has 122 valence electrons. The zero-order valence-electron chi connectivity index (χ0n) is 13.6. The monoisotopic (exact) mass is 345 g/mol. The van der Waals surface area contributed by atoms with Gasteiger partial charge >= 0.3 is 0 Å². The maximum Gasteiger partial charge on any atom is 0.196 e. The topological polar surface area (TPSA) is 47.8 Å². The molecule has 4 rings (SSSR count). The molecule has 0 atom stereocenters. The van der Waals surface area contributed by atoms with Gasteiger partial charge in [-0.1, -0.05) is 42.5 Å². The Balaban J connectivity index is 1.88. The summed E-state index contributed by atoms with van der Waals surface area (Å²) in [6.07, 6.45) is 3.58. The molecule has 0 amide bonds. The lowest BCUT2D eigenvalue weighted by Gasteiger charge is -2.05. The first kappa shape index (κ1) is 15.5. The molecule has 4 nitrogen and oxygen atoms in total. The number of allylic oxidation sites excluding steroid dienone is 1. The number of ketones is 1. The minimum absolute atomic E-state index is 0.0409. The molecule has 0 radical (unpaired) electrons. The number of para-hydroxylation sites is 1. The predicted octanol–water partition coefficient (Wildman–Crippen LogP) is 4.45. The molecule has 25 heavy (non-hydrogen) atoms. The number of aromatic nitrogens is 3. The highest BCUT2D eigenvalue weighted by molar-refractivity contribution is 7.20. The van der Waals surface area contributed by atoms with E-state index in [0.29, 0.717) is 11.1 Å². The standard InChI is InChI=1S/C20H15N3OS/c1-23-15(11-12-21-23)13-16(19(24)14-7-3-2-4-8-14)20-22-17-9-5-6-10-18(17)25-20/h2-13H,1H3/b16-13+. The molecule has 0 unspecified atom stereocenters. The maximum atomic E-state index is 13.1. The number of thiazole rings is 1. The molecule has 0 aliphatic heterocycles. The van der Waals surface area contributed by atoms with Gasteiger partial charge in [0.1, 0.15) is 5.01 Å². The van der Waals surface area contributed by atoms with E-state index in [1.54, 1.807) is 10.9 Å². The number of carbonyl (C=O) groups is 1. The second-order valence-corrected chi connectivity index (χ2v) is 6.65. The van der Waals surface area contributed by atoms with Crippen molar-refractivity contribution in [2.75, 3.05) is 0 Å². The van der Waals surface area contributed by atoms with E-state index in [2.05, 4.69) is 10.1 Å². The van der Waals surface area contributed by atoms with Crippen LogP contribution in [0.4, 0.5) is 0 Å². The summed E-state index contributed by atoms with van der Waals surface area (Å²) in [5, 5.41) is 4.90. The van der Waals surface area contributed by atoms with Gasteiger partial charge in [-0.05, 0) is 24.3 Å². The van der Waals surface area contributed by atoms with Gasteiger partial charge in [-0.2, -0.15) is 5.10 Å². The van der Waals surface area contributed by atoms with Crippen molar-refractivity contribution >= 4 is 39.0 Å². The molecular weight excluding hydrogens is 330 g/mol. The van der Waals surface area contributed by atoms with Crippen LogP contribution < -0.4 is 0 Å². The molecule has 2 aromatic heterocycles. The van der Waals surface area contributed by atoms with E-state index in [9.17, 15) is 4.79 Å². The number of nitrogens with zero attached hydrogens (tertiary/aromatic N) is 3. The first-order chi connectivity index (χ1) is 12.2. The second-order valence-electron chi connectivity index (χ2n) is 5.62. The minimum Gasteiger partial charge on any atom is -0.288 e. The Bertz CT molecular complexity index is 1040. The SMILES string of the molecule is Cn1nccc1/C=C(\C(=O)c1ccccc1)c1nc2ccccc2s1. The van der Waals surface area contributed by atoms with Crippen molar-refractivity contribution in [2.45, 2.75) is 0 Å². The Hall–Kier alpha value is -3.05. The Morgan fingerprint density at radius 2 is 1.80 bits per heavy atom. The van der Waals surface area contributed by atoms with Crippen molar-refractivity contribution in [1.82, 2.24) is 14.8 Å². The molecule has 5 heteroatoms. The Kier molecular flexibility index (Phi) is 3.99. The summed E-state index contributed by atoms with van der Waals surface area (Å²) < 4.78 is 2.81. The van der Waals surface area contributed by atoms with Gasteiger partial charge in [0.2, 0.25) is 0 Å². The minimum atomic E-state index is -0.0409. The number of rotatable bonds is 4. The maximum absolute atomic E-state index is 13.1. The molecule has 0 N–H and O–H groups in total. The van der Waals surface area contributed by atoms with E-state index in [1.165, 1.54) is 11.3 Å². The normalized spacial score (nSPS) is 11.8. The van der Waals surface area contributed by atoms with Crippen molar-refractivity contribution in [3.05, 3.63) is 83.1 Å². The van der Waals surface area contributed by atoms with E-state index in [0.717, 1.165) is 20.9 Å². The Morgan fingerprint density at radius 3 is 2.52 bits per heavy atom. The van der Waals surface area contributed by atoms with Gasteiger partial charge in [-0.15, -0.1) is 11.3 Å². The first-order valence-corrected chi connectivity index (χ1v) is 8.69. The summed E-state index contributed by atoms with van der Waals surface area (Å²) >= 11 is 1.53. The first-order valence-electron chi connectivity index (χ1n) is 7.88. The smallest absolute Gasteiger partial charge is 0.196 e. The van der Waals surface area contributed by atoms with Crippen molar-refractivity contribution in [3.63, 3.8) is 0 Å². The van der Waals surface area contributed by atoms with Crippen LogP contribution in [-0.2, 0) is 7.05 Å². The number of aryl methyl sites for hydroxylation is 1. The molecule has 4 aromatic rings. The van der Waals surface area contributed by atoms with Crippen molar-refractivity contribution < 1.29 is 4.79 Å². The molecule has 0 aliphatic carbocycles. The fourth-order valence-electron chi connectivity index (χ4n) is 2.63. The van der Waals surface area contributed by atoms with E-state index in [-0.39, 0.29) is 5.78 Å². The summed E-state index contributed by atoms with van der Waals surface area (Å²) in [7, 11) is 1.86. The second kappa shape index (κ2) is 6.45. The van der Waals surface area contributed by atoms with Crippen LogP contribution in [0.3, 0.4) is 0 Å². The molecule has 0 saturated heterocycles. The number of benzene rings is 2. The molecule has 0 aliphatic rings. The molecule has 2 aromatic carbocycles. The molecular formula is C20H15N3OS. The van der Waals surface area contributed by atoms with Gasteiger partial charge < -0.3 is 0 Å². The Labute approximate surface area is 149 Å². The summed E-state index contributed by atoms with van der Waals surface area (Å²) in [5.74, 6) is -0.0409. The fraction of sp³-hybridized carbons (Fsp3) is 0.0500. The number of hydrogen-bond acceptors (Lipinski definition) is 4. The summed E-state index contributed by atoms with van der Waals surface area (Å²) in [4.78, 5) is 17.8. The van der Waals surface area contributed by atoms with Crippen LogP contribution in [0, 0.1) is 0 Å². The quantitative estimate of drug-likeness (QED) is 0.405.